The van der Waals surface area contributed by atoms with Gasteiger partial charge in [-0.25, -0.2) is 9.07 Å². The molecule has 2 fully saturated rings. The van der Waals surface area contributed by atoms with Gasteiger partial charge >= 0.3 is 0 Å². The molecule has 2 N–H and O–H groups in total. The van der Waals surface area contributed by atoms with E-state index in [4.69, 9.17) is 5.73 Å². The van der Waals surface area contributed by atoms with E-state index in [1.165, 1.54) is 17.7 Å². The first-order valence-electron chi connectivity index (χ1n) is 14.3. The molecule has 1 aromatic heterocycles. The molecule has 3 aromatic rings. The van der Waals surface area contributed by atoms with Gasteiger partial charge in [-0.1, -0.05) is 51.1 Å². The average molecular weight is 546 g/mol. The molecule has 2 aliphatic rings. The maximum absolute atomic E-state index is 13.9. The highest BCUT2D eigenvalue weighted by Crippen LogP contribution is 2.35. The van der Waals surface area contributed by atoms with Gasteiger partial charge in [0.05, 0.1) is 29.2 Å². The van der Waals surface area contributed by atoms with Crippen molar-refractivity contribution in [2.75, 3.05) is 26.2 Å². The number of aromatic nitrogens is 2. The number of rotatable bonds is 6. The van der Waals surface area contributed by atoms with Crippen molar-refractivity contribution in [2.45, 2.75) is 64.3 Å². The minimum atomic E-state index is -0.522. The Balaban J connectivity index is 1.37. The van der Waals surface area contributed by atoms with Crippen LogP contribution < -0.4 is 5.73 Å². The van der Waals surface area contributed by atoms with Crippen LogP contribution in [0.15, 0.2) is 60.8 Å². The van der Waals surface area contributed by atoms with Gasteiger partial charge in [-0.05, 0) is 60.9 Å². The standard InChI is InChI=1S/C32H40FN5O2/c1-32(2,3)19-28(34)31(40)36-16-13-23(14-17-36)29-27(20-35-38(29)26-11-9-25(33)10-12-26)30(39)37-18-15-24(21-37)22-7-5-4-6-8-22/h4-12,20,23-24,28H,13-19,21,34H2,1-3H3/t24-,28+/m0/s1. The maximum atomic E-state index is 13.9. The summed E-state index contributed by atoms with van der Waals surface area (Å²) in [6.07, 6.45) is 4.61. The van der Waals surface area contributed by atoms with Crippen LogP contribution in [0, 0.1) is 11.2 Å². The minimum Gasteiger partial charge on any atom is -0.341 e. The van der Waals surface area contributed by atoms with E-state index in [2.05, 4.69) is 38.0 Å². The summed E-state index contributed by atoms with van der Waals surface area (Å²) in [5, 5.41) is 4.63. The van der Waals surface area contributed by atoms with E-state index in [9.17, 15) is 14.0 Å². The highest BCUT2D eigenvalue weighted by molar-refractivity contribution is 5.95. The molecule has 0 saturated carbocycles. The van der Waals surface area contributed by atoms with Gasteiger partial charge in [0, 0.05) is 38.0 Å². The zero-order valence-corrected chi connectivity index (χ0v) is 23.7. The molecule has 2 amide bonds. The monoisotopic (exact) mass is 545 g/mol. The first-order valence-corrected chi connectivity index (χ1v) is 14.3. The summed E-state index contributed by atoms with van der Waals surface area (Å²) in [6.45, 7) is 8.77. The van der Waals surface area contributed by atoms with Gasteiger partial charge in [0.15, 0.2) is 0 Å². The third-order valence-corrected chi connectivity index (χ3v) is 8.20. The molecular formula is C32H40FN5O2. The second-order valence-electron chi connectivity index (χ2n) is 12.4. The first-order chi connectivity index (χ1) is 19.1. The molecular weight excluding hydrogens is 505 g/mol. The summed E-state index contributed by atoms with van der Waals surface area (Å²) in [6, 6.07) is 16.0. The lowest BCUT2D eigenvalue weighted by Gasteiger charge is -2.35. The lowest BCUT2D eigenvalue weighted by molar-refractivity contribution is -0.134. The van der Waals surface area contributed by atoms with Crippen molar-refractivity contribution in [3.05, 3.63) is 83.4 Å². The molecule has 0 bridgehead atoms. The fraction of sp³-hybridized carbons (Fsp3) is 0.469. The van der Waals surface area contributed by atoms with Crippen LogP contribution in [0.3, 0.4) is 0 Å². The predicted molar refractivity (Wildman–Crippen MR) is 154 cm³/mol. The molecule has 2 atom stereocenters. The van der Waals surface area contributed by atoms with Crippen molar-refractivity contribution in [3.8, 4) is 5.69 Å². The fourth-order valence-corrected chi connectivity index (χ4v) is 6.17. The molecule has 2 saturated heterocycles. The molecule has 5 rings (SSSR count). The smallest absolute Gasteiger partial charge is 0.257 e. The number of carbonyl (C=O) groups is 2. The van der Waals surface area contributed by atoms with Gasteiger partial charge in [-0.15, -0.1) is 0 Å². The molecule has 2 aliphatic heterocycles. The molecule has 0 aliphatic carbocycles. The van der Waals surface area contributed by atoms with Crippen LogP contribution in [0.5, 0.6) is 0 Å². The van der Waals surface area contributed by atoms with E-state index in [0.717, 1.165) is 12.1 Å². The summed E-state index contributed by atoms with van der Waals surface area (Å²) in [5.41, 5.74) is 9.64. The van der Waals surface area contributed by atoms with Gasteiger partial charge < -0.3 is 15.5 Å². The van der Waals surface area contributed by atoms with Crippen molar-refractivity contribution >= 4 is 11.8 Å². The van der Waals surface area contributed by atoms with E-state index < -0.39 is 6.04 Å². The number of carbonyl (C=O) groups excluding carboxylic acids is 2. The van der Waals surface area contributed by atoms with E-state index in [0.29, 0.717) is 62.6 Å². The second kappa shape index (κ2) is 11.5. The zero-order valence-electron chi connectivity index (χ0n) is 23.7. The number of halogens is 1. The van der Waals surface area contributed by atoms with Crippen molar-refractivity contribution in [1.29, 1.82) is 0 Å². The Bertz CT molecular complexity index is 1320. The number of nitrogens with two attached hydrogens (primary N) is 1. The third kappa shape index (κ3) is 6.12. The summed E-state index contributed by atoms with van der Waals surface area (Å²) in [7, 11) is 0. The Morgan fingerprint density at radius 1 is 0.950 bits per heavy atom. The van der Waals surface area contributed by atoms with Crippen molar-refractivity contribution in [2.24, 2.45) is 11.1 Å². The van der Waals surface area contributed by atoms with Crippen molar-refractivity contribution < 1.29 is 14.0 Å². The summed E-state index contributed by atoms with van der Waals surface area (Å²) in [4.78, 5) is 30.8. The Morgan fingerprint density at radius 2 is 1.57 bits per heavy atom. The van der Waals surface area contributed by atoms with Gasteiger partial charge in [-0.2, -0.15) is 5.10 Å². The Morgan fingerprint density at radius 3 is 2.23 bits per heavy atom. The quantitative estimate of drug-likeness (QED) is 0.467. The van der Waals surface area contributed by atoms with Gasteiger partial charge in [0.25, 0.3) is 5.91 Å². The summed E-state index contributed by atoms with van der Waals surface area (Å²) in [5.74, 6) is -0.0151. The van der Waals surface area contributed by atoms with Gasteiger partial charge in [-0.3, -0.25) is 9.59 Å². The number of nitrogens with zero attached hydrogens (tertiary/aromatic N) is 4. The SMILES string of the molecule is CC(C)(C)C[C@@H](N)C(=O)N1CCC(c2c(C(=O)N3CC[C@H](c4ccccc4)C3)cnn2-c2ccc(F)cc2)CC1. The minimum absolute atomic E-state index is 0.0132. The summed E-state index contributed by atoms with van der Waals surface area (Å²) >= 11 is 0. The number of hydrogen-bond acceptors (Lipinski definition) is 4. The van der Waals surface area contributed by atoms with Gasteiger partial charge in [0.2, 0.25) is 5.91 Å². The topological polar surface area (TPSA) is 84.5 Å². The molecule has 3 heterocycles. The number of hydrogen-bond donors (Lipinski definition) is 1. The largest absolute Gasteiger partial charge is 0.341 e. The summed E-state index contributed by atoms with van der Waals surface area (Å²) < 4.78 is 15.5. The average Bonchev–Trinajstić information content (AvgIpc) is 3.61. The maximum Gasteiger partial charge on any atom is 0.257 e. The Hall–Kier alpha value is -3.52. The van der Waals surface area contributed by atoms with Crippen LogP contribution in [0.2, 0.25) is 0 Å². The van der Waals surface area contributed by atoms with E-state index in [1.807, 2.05) is 28.0 Å². The van der Waals surface area contributed by atoms with Crippen LogP contribution >= 0.6 is 0 Å². The van der Waals surface area contributed by atoms with Gasteiger partial charge in [0.1, 0.15) is 5.82 Å². The number of piperidine rings is 1. The number of likely N-dealkylation sites (tertiary alicyclic amines) is 2. The normalized spacial score (nSPS) is 19.2. The third-order valence-electron chi connectivity index (χ3n) is 8.20. The molecule has 0 spiro atoms. The van der Waals surface area contributed by atoms with E-state index >= 15 is 0 Å². The molecule has 212 valence electrons. The lowest BCUT2D eigenvalue weighted by Crippen LogP contribution is -2.48. The number of benzene rings is 2. The molecule has 2 aromatic carbocycles. The van der Waals surface area contributed by atoms with Crippen LogP contribution in [0.25, 0.3) is 5.69 Å². The van der Waals surface area contributed by atoms with Crippen molar-refractivity contribution in [3.63, 3.8) is 0 Å². The predicted octanol–water partition coefficient (Wildman–Crippen LogP) is 5.11. The van der Waals surface area contributed by atoms with Crippen LogP contribution in [-0.4, -0.2) is 63.6 Å². The first kappa shape index (κ1) is 28.0. The Kier molecular flexibility index (Phi) is 8.08. The molecule has 8 heteroatoms. The van der Waals surface area contributed by atoms with Crippen LogP contribution in [0.4, 0.5) is 4.39 Å². The van der Waals surface area contributed by atoms with E-state index in [-0.39, 0.29) is 29.0 Å². The molecule has 7 nitrogen and oxygen atoms in total. The van der Waals surface area contributed by atoms with Crippen LogP contribution in [0.1, 0.15) is 79.9 Å². The zero-order chi connectivity index (χ0) is 28.4. The highest BCUT2D eigenvalue weighted by atomic mass is 19.1. The second-order valence-corrected chi connectivity index (χ2v) is 12.4. The Labute approximate surface area is 236 Å². The highest BCUT2D eigenvalue weighted by Gasteiger charge is 2.35. The van der Waals surface area contributed by atoms with Crippen molar-refractivity contribution in [1.82, 2.24) is 19.6 Å². The number of amides is 2. The molecule has 0 unspecified atom stereocenters. The fourth-order valence-electron chi connectivity index (χ4n) is 6.17. The lowest BCUT2D eigenvalue weighted by atomic mass is 9.87. The van der Waals surface area contributed by atoms with Crippen LogP contribution in [-0.2, 0) is 4.79 Å². The molecule has 0 radical (unpaired) electrons. The van der Waals surface area contributed by atoms with E-state index in [1.54, 1.807) is 23.0 Å². The molecule has 40 heavy (non-hydrogen) atoms.